The van der Waals surface area contributed by atoms with Crippen LogP contribution >= 0.6 is 0 Å². The monoisotopic (exact) mass is 492 g/mol. The number of carbonyl (C=O) groups excluding carboxylic acids is 2. The Hall–Kier alpha value is -4.05. The Morgan fingerprint density at radius 2 is 2.08 bits per heavy atom. The number of nitrogens with zero attached hydrogens (tertiary/aromatic N) is 3. The number of rotatable bonds is 12. The van der Waals surface area contributed by atoms with Crippen LogP contribution in [0.1, 0.15) is 27.9 Å². The van der Waals surface area contributed by atoms with E-state index in [9.17, 15) is 14.0 Å². The second-order valence-electron chi connectivity index (χ2n) is 8.56. The summed E-state index contributed by atoms with van der Waals surface area (Å²) in [4.78, 5) is 39.5. The van der Waals surface area contributed by atoms with Gasteiger partial charge in [0.15, 0.2) is 0 Å². The van der Waals surface area contributed by atoms with Gasteiger partial charge in [0.1, 0.15) is 17.5 Å². The third-order valence-electron chi connectivity index (χ3n) is 5.96. The maximum Gasteiger partial charge on any atom is 0.255 e. The number of hydroxylamine groups is 1. The van der Waals surface area contributed by atoms with Crippen LogP contribution in [0.2, 0.25) is 0 Å². The van der Waals surface area contributed by atoms with Gasteiger partial charge in [0, 0.05) is 44.5 Å². The number of carbonyl (C=O) groups is 2. The molecule has 0 spiro atoms. The molecule has 1 saturated heterocycles. The average molecular weight is 493 g/mol. The molecule has 3 heterocycles. The Kier molecular flexibility index (Phi) is 8.77. The number of pyridine rings is 2. The number of amides is 2. The Morgan fingerprint density at radius 3 is 2.89 bits per heavy atom. The zero-order valence-electron chi connectivity index (χ0n) is 19.8. The second kappa shape index (κ2) is 12.6. The molecule has 2 aromatic heterocycles. The Morgan fingerprint density at radius 1 is 1.19 bits per heavy atom. The summed E-state index contributed by atoms with van der Waals surface area (Å²) in [5, 5.41) is 6.19. The van der Waals surface area contributed by atoms with Gasteiger partial charge in [-0.05, 0) is 54.3 Å². The molecule has 36 heavy (non-hydrogen) atoms. The quantitative estimate of drug-likeness (QED) is 0.203. The van der Waals surface area contributed by atoms with Crippen LogP contribution in [0.4, 0.5) is 16.0 Å². The van der Waals surface area contributed by atoms with Crippen LogP contribution in [0, 0.1) is 11.7 Å². The van der Waals surface area contributed by atoms with Gasteiger partial charge in [-0.25, -0.2) is 14.9 Å². The number of hydrogen-bond donors (Lipinski definition) is 3. The van der Waals surface area contributed by atoms with Crippen molar-refractivity contribution < 1.29 is 18.8 Å². The van der Waals surface area contributed by atoms with E-state index in [1.54, 1.807) is 24.5 Å². The van der Waals surface area contributed by atoms with E-state index in [4.69, 9.17) is 9.82 Å². The summed E-state index contributed by atoms with van der Waals surface area (Å²) in [6, 6.07) is 13.8. The molecule has 1 atom stereocenters. The van der Waals surface area contributed by atoms with Crippen molar-refractivity contribution in [2.45, 2.75) is 19.4 Å². The third kappa shape index (κ3) is 6.98. The minimum Gasteiger partial charge on any atom is -0.369 e. The molecule has 4 rings (SSSR count). The average Bonchev–Trinajstić information content (AvgIpc) is 3.37. The molecule has 188 valence electrons. The number of hydrogen-bond acceptors (Lipinski definition) is 7. The summed E-state index contributed by atoms with van der Waals surface area (Å²) in [6.07, 6.45) is 5.37. The maximum absolute atomic E-state index is 13.5. The highest BCUT2D eigenvalue weighted by Gasteiger charge is 2.25. The van der Waals surface area contributed by atoms with Gasteiger partial charge in [0.25, 0.3) is 5.91 Å². The molecule has 10 heteroatoms. The fraction of sp³-hybridized carbons (Fsp3) is 0.308. The van der Waals surface area contributed by atoms with Crippen LogP contribution in [-0.4, -0.2) is 48.5 Å². The first-order valence-corrected chi connectivity index (χ1v) is 11.8. The Balaban J connectivity index is 1.46. The van der Waals surface area contributed by atoms with E-state index in [1.807, 2.05) is 24.3 Å². The van der Waals surface area contributed by atoms with Gasteiger partial charge < -0.3 is 15.5 Å². The zero-order chi connectivity index (χ0) is 25.2. The van der Waals surface area contributed by atoms with Crippen molar-refractivity contribution in [2.24, 2.45) is 5.92 Å². The van der Waals surface area contributed by atoms with Gasteiger partial charge in [0.05, 0.1) is 12.2 Å². The summed E-state index contributed by atoms with van der Waals surface area (Å²) >= 11 is 0. The van der Waals surface area contributed by atoms with Crippen molar-refractivity contribution in [3.8, 4) is 0 Å². The topological polar surface area (TPSA) is 108 Å². The van der Waals surface area contributed by atoms with Crippen molar-refractivity contribution in [1.82, 2.24) is 20.8 Å². The first-order chi connectivity index (χ1) is 17.6. The van der Waals surface area contributed by atoms with Crippen LogP contribution in [0.25, 0.3) is 0 Å². The molecule has 9 nitrogen and oxygen atoms in total. The van der Waals surface area contributed by atoms with Crippen molar-refractivity contribution in [3.63, 3.8) is 0 Å². The van der Waals surface area contributed by atoms with Crippen LogP contribution in [0.15, 0.2) is 60.9 Å². The lowest BCUT2D eigenvalue weighted by atomic mass is 10.1. The largest absolute Gasteiger partial charge is 0.369 e. The minimum absolute atomic E-state index is 0.251. The van der Waals surface area contributed by atoms with Gasteiger partial charge in [0.2, 0.25) is 6.41 Å². The Bertz CT molecular complexity index is 1160. The Labute approximate surface area is 209 Å². The molecule has 0 aliphatic carbocycles. The first-order valence-electron chi connectivity index (χ1n) is 11.8. The standard InChI is InChI=1S/C26H29FN6O3/c27-22-5-1-3-19(13-22)8-11-29-25-23(26(35)30-15-20-4-2-10-28-14-20)6-7-24(32-25)33-12-9-21(16-33)17-36-31-18-34/h1-7,10,13-14,18,21H,8-9,11-12,15-17H2,(H,29,32)(H,30,35)(H,31,34)/t21-/m0/s1. The number of anilines is 2. The summed E-state index contributed by atoms with van der Waals surface area (Å²) in [7, 11) is 0. The van der Waals surface area contributed by atoms with Crippen molar-refractivity contribution in [2.75, 3.05) is 36.5 Å². The van der Waals surface area contributed by atoms with E-state index in [-0.39, 0.29) is 17.6 Å². The molecule has 1 aliphatic rings. The van der Waals surface area contributed by atoms with E-state index >= 15 is 0 Å². The lowest BCUT2D eigenvalue weighted by molar-refractivity contribution is -0.121. The number of nitrogens with one attached hydrogen (secondary N) is 3. The van der Waals surface area contributed by atoms with E-state index in [2.05, 4.69) is 26.0 Å². The van der Waals surface area contributed by atoms with E-state index < -0.39 is 0 Å². The van der Waals surface area contributed by atoms with E-state index in [0.717, 1.165) is 36.5 Å². The normalized spacial score (nSPS) is 14.9. The lowest BCUT2D eigenvalue weighted by Gasteiger charge is -2.20. The molecular formula is C26H29FN6O3. The molecule has 0 radical (unpaired) electrons. The lowest BCUT2D eigenvalue weighted by Crippen LogP contribution is -2.27. The molecule has 3 aromatic rings. The van der Waals surface area contributed by atoms with Crippen LogP contribution in [0.3, 0.4) is 0 Å². The molecule has 0 saturated carbocycles. The van der Waals surface area contributed by atoms with Crippen LogP contribution in [-0.2, 0) is 22.6 Å². The highest BCUT2D eigenvalue weighted by atomic mass is 19.1. The summed E-state index contributed by atoms with van der Waals surface area (Å²) < 4.78 is 13.5. The highest BCUT2D eigenvalue weighted by Crippen LogP contribution is 2.25. The van der Waals surface area contributed by atoms with E-state index in [0.29, 0.717) is 43.9 Å². The molecule has 1 fully saturated rings. The molecule has 0 bridgehead atoms. The van der Waals surface area contributed by atoms with Gasteiger partial charge in [-0.2, -0.15) is 0 Å². The van der Waals surface area contributed by atoms with Crippen molar-refractivity contribution in [1.29, 1.82) is 0 Å². The van der Waals surface area contributed by atoms with Crippen molar-refractivity contribution >= 4 is 24.0 Å². The SMILES string of the molecule is O=CNOC[C@H]1CCN(c2ccc(C(=O)NCc3cccnc3)c(NCCc3cccc(F)c3)n2)C1. The smallest absolute Gasteiger partial charge is 0.255 e. The molecule has 2 amide bonds. The van der Waals surface area contributed by atoms with E-state index in [1.165, 1.54) is 12.1 Å². The molecule has 1 aromatic carbocycles. The summed E-state index contributed by atoms with van der Waals surface area (Å²) in [5.41, 5.74) is 4.40. The van der Waals surface area contributed by atoms with Gasteiger partial charge >= 0.3 is 0 Å². The molecule has 3 N–H and O–H groups in total. The predicted octanol–water partition coefficient (Wildman–Crippen LogP) is 2.70. The molecule has 0 unspecified atom stereocenters. The van der Waals surface area contributed by atoms with Crippen LogP contribution in [0.5, 0.6) is 0 Å². The first kappa shape index (κ1) is 25.1. The van der Waals surface area contributed by atoms with Crippen molar-refractivity contribution in [3.05, 3.63) is 83.4 Å². The van der Waals surface area contributed by atoms with Gasteiger partial charge in [-0.15, -0.1) is 0 Å². The zero-order valence-corrected chi connectivity index (χ0v) is 19.8. The van der Waals surface area contributed by atoms with Gasteiger partial charge in [-0.1, -0.05) is 18.2 Å². The van der Waals surface area contributed by atoms with Gasteiger partial charge in [-0.3, -0.25) is 19.4 Å². The summed E-state index contributed by atoms with van der Waals surface area (Å²) in [5.74, 6) is 0.941. The molecule has 1 aliphatic heterocycles. The fourth-order valence-electron chi connectivity index (χ4n) is 4.12. The number of halogens is 1. The summed E-state index contributed by atoms with van der Waals surface area (Å²) in [6.45, 7) is 2.76. The predicted molar refractivity (Wildman–Crippen MR) is 134 cm³/mol. The minimum atomic E-state index is -0.279. The molecular weight excluding hydrogens is 463 g/mol. The highest BCUT2D eigenvalue weighted by molar-refractivity contribution is 5.99. The van der Waals surface area contributed by atoms with Crippen LogP contribution < -0.4 is 21.0 Å². The number of aromatic nitrogens is 2. The number of benzene rings is 1. The fourth-order valence-corrected chi connectivity index (χ4v) is 4.12. The maximum atomic E-state index is 13.5. The second-order valence-corrected chi connectivity index (χ2v) is 8.56. The third-order valence-corrected chi connectivity index (χ3v) is 5.96.